The van der Waals surface area contributed by atoms with Crippen molar-refractivity contribution in [3.8, 4) is 5.75 Å². The van der Waals surface area contributed by atoms with Crippen molar-refractivity contribution in [2.45, 2.75) is 26.8 Å². The van der Waals surface area contributed by atoms with Gasteiger partial charge in [0.2, 0.25) is 0 Å². The van der Waals surface area contributed by atoms with Gasteiger partial charge in [-0.2, -0.15) is 0 Å². The normalized spacial score (nSPS) is 13.2. The molecule has 0 radical (unpaired) electrons. The third kappa shape index (κ3) is 5.61. The lowest BCUT2D eigenvalue weighted by atomic mass is 10.1. The van der Waals surface area contributed by atoms with E-state index in [2.05, 4.69) is 19.2 Å². The second-order valence-electron chi connectivity index (χ2n) is 4.43. The van der Waals surface area contributed by atoms with Crippen molar-refractivity contribution in [1.29, 1.82) is 0 Å². The van der Waals surface area contributed by atoms with Crippen molar-refractivity contribution in [1.82, 2.24) is 5.32 Å². The Hall–Kier alpha value is -1.07. The SMILES string of the molecule is CCNC(C)c1ccc(OCCS(=O)(=O)CC)cc1. The number of hydrogen-bond acceptors (Lipinski definition) is 4. The molecule has 1 atom stereocenters. The Bertz CT molecular complexity index is 468. The number of hydrogen-bond donors (Lipinski definition) is 1. The molecule has 5 heteroatoms. The van der Waals surface area contributed by atoms with Gasteiger partial charge in [0.15, 0.2) is 9.84 Å². The minimum Gasteiger partial charge on any atom is -0.493 e. The highest BCUT2D eigenvalue weighted by atomic mass is 32.2. The zero-order valence-corrected chi connectivity index (χ0v) is 12.7. The Labute approximate surface area is 116 Å². The number of sulfone groups is 1. The number of benzene rings is 1. The molecular formula is C14H23NO3S. The standard InChI is InChI=1S/C14H23NO3S/c1-4-15-12(3)13-6-8-14(9-7-13)18-10-11-19(16,17)5-2/h6-9,12,15H,4-5,10-11H2,1-3H3. The van der Waals surface area contributed by atoms with Crippen LogP contribution in [-0.4, -0.2) is 33.1 Å². The predicted octanol–water partition coefficient (Wildman–Crippen LogP) is 2.17. The maximum atomic E-state index is 11.3. The molecule has 0 aliphatic rings. The summed E-state index contributed by atoms with van der Waals surface area (Å²) < 4.78 is 28.1. The minimum atomic E-state index is -2.95. The van der Waals surface area contributed by atoms with Crippen LogP contribution in [0, 0.1) is 0 Å². The summed E-state index contributed by atoms with van der Waals surface area (Å²) in [5, 5.41) is 3.33. The van der Waals surface area contributed by atoms with Crippen LogP contribution in [0.4, 0.5) is 0 Å². The van der Waals surface area contributed by atoms with Crippen molar-refractivity contribution in [3.63, 3.8) is 0 Å². The number of rotatable bonds is 8. The lowest BCUT2D eigenvalue weighted by Crippen LogP contribution is -2.17. The van der Waals surface area contributed by atoms with E-state index in [1.165, 1.54) is 5.56 Å². The Morgan fingerprint density at radius 3 is 2.37 bits per heavy atom. The molecule has 1 N–H and O–H groups in total. The molecule has 0 saturated heterocycles. The highest BCUT2D eigenvalue weighted by Crippen LogP contribution is 2.17. The zero-order chi connectivity index (χ0) is 14.3. The van der Waals surface area contributed by atoms with Gasteiger partial charge in [-0.15, -0.1) is 0 Å². The highest BCUT2D eigenvalue weighted by molar-refractivity contribution is 7.91. The van der Waals surface area contributed by atoms with Gasteiger partial charge in [0.25, 0.3) is 0 Å². The van der Waals surface area contributed by atoms with E-state index in [4.69, 9.17) is 4.74 Å². The molecule has 0 spiro atoms. The van der Waals surface area contributed by atoms with Crippen molar-refractivity contribution in [2.24, 2.45) is 0 Å². The van der Waals surface area contributed by atoms with E-state index in [0.29, 0.717) is 11.8 Å². The van der Waals surface area contributed by atoms with E-state index < -0.39 is 9.84 Å². The van der Waals surface area contributed by atoms with Crippen LogP contribution >= 0.6 is 0 Å². The Balaban J connectivity index is 2.49. The molecule has 0 fully saturated rings. The van der Waals surface area contributed by atoms with Crippen LogP contribution in [0.25, 0.3) is 0 Å². The largest absolute Gasteiger partial charge is 0.493 e. The smallest absolute Gasteiger partial charge is 0.153 e. The fourth-order valence-corrected chi connectivity index (χ4v) is 2.33. The lowest BCUT2D eigenvalue weighted by Gasteiger charge is -2.13. The summed E-state index contributed by atoms with van der Waals surface area (Å²) in [5.74, 6) is 0.938. The second-order valence-corrected chi connectivity index (χ2v) is 6.91. The van der Waals surface area contributed by atoms with E-state index in [-0.39, 0.29) is 18.1 Å². The fourth-order valence-electron chi connectivity index (χ4n) is 1.71. The molecule has 0 amide bonds. The summed E-state index contributed by atoms with van der Waals surface area (Å²) in [6, 6.07) is 8.05. The van der Waals surface area contributed by atoms with Gasteiger partial charge in [0.05, 0.1) is 5.75 Å². The molecule has 1 aromatic carbocycles. The minimum absolute atomic E-state index is 0.0685. The van der Waals surface area contributed by atoms with E-state index in [1.54, 1.807) is 6.92 Å². The molecule has 0 aromatic heterocycles. The quantitative estimate of drug-likeness (QED) is 0.795. The van der Waals surface area contributed by atoms with E-state index in [9.17, 15) is 8.42 Å². The van der Waals surface area contributed by atoms with Gasteiger partial charge in [-0.1, -0.05) is 26.0 Å². The highest BCUT2D eigenvalue weighted by Gasteiger charge is 2.08. The molecule has 0 heterocycles. The predicted molar refractivity (Wildman–Crippen MR) is 78.4 cm³/mol. The van der Waals surface area contributed by atoms with Gasteiger partial charge in [-0.3, -0.25) is 0 Å². The number of nitrogens with one attached hydrogen (secondary N) is 1. The molecular weight excluding hydrogens is 262 g/mol. The summed E-state index contributed by atoms with van der Waals surface area (Å²) in [6.45, 7) is 6.95. The van der Waals surface area contributed by atoms with Crippen LogP contribution < -0.4 is 10.1 Å². The molecule has 0 aliphatic heterocycles. The molecule has 19 heavy (non-hydrogen) atoms. The van der Waals surface area contributed by atoms with Crippen LogP contribution in [-0.2, 0) is 9.84 Å². The van der Waals surface area contributed by atoms with Crippen molar-refractivity contribution >= 4 is 9.84 Å². The molecule has 0 aliphatic carbocycles. The molecule has 1 unspecified atom stereocenters. The average molecular weight is 285 g/mol. The van der Waals surface area contributed by atoms with E-state index >= 15 is 0 Å². The average Bonchev–Trinajstić information content (AvgIpc) is 2.39. The zero-order valence-electron chi connectivity index (χ0n) is 11.8. The summed E-state index contributed by atoms with van der Waals surface area (Å²) >= 11 is 0. The Kier molecular flexibility index (Phi) is 6.31. The van der Waals surface area contributed by atoms with E-state index in [0.717, 1.165) is 6.54 Å². The van der Waals surface area contributed by atoms with Gasteiger partial charge in [-0.05, 0) is 31.2 Å². The maximum absolute atomic E-state index is 11.3. The summed E-state index contributed by atoms with van der Waals surface area (Å²) in [6.07, 6.45) is 0. The maximum Gasteiger partial charge on any atom is 0.153 e. The van der Waals surface area contributed by atoms with Crippen LogP contribution in [0.3, 0.4) is 0 Å². The van der Waals surface area contributed by atoms with Crippen molar-refractivity contribution in [3.05, 3.63) is 29.8 Å². The van der Waals surface area contributed by atoms with Crippen LogP contribution in [0.5, 0.6) is 5.75 Å². The van der Waals surface area contributed by atoms with Gasteiger partial charge in [-0.25, -0.2) is 8.42 Å². The Morgan fingerprint density at radius 1 is 1.21 bits per heavy atom. The second kappa shape index (κ2) is 7.50. The first-order valence-electron chi connectivity index (χ1n) is 6.65. The fraction of sp³-hybridized carbons (Fsp3) is 0.571. The molecule has 108 valence electrons. The number of ether oxygens (including phenoxy) is 1. The van der Waals surface area contributed by atoms with Crippen LogP contribution in [0.2, 0.25) is 0 Å². The van der Waals surface area contributed by atoms with Crippen LogP contribution in [0.15, 0.2) is 24.3 Å². The van der Waals surface area contributed by atoms with Crippen molar-refractivity contribution < 1.29 is 13.2 Å². The Morgan fingerprint density at radius 2 is 1.84 bits per heavy atom. The van der Waals surface area contributed by atoms with Gasteiger partial charge >= 0.3 is 0 Å². The van der Waals surface area contributed by atoms with Gasteiger partial charge in [0.1, 0.15) is 12.4 Å². The monoisotopic (exact) mass is 285 g/mol. The van der Waals surface area contributed by atoms with Gasteiger partial charge in [0, 0.05) is 11.8 Å². The van der Waals surface area contributed by atoms with Crippen LogP contribution in [0.1, 0.15) is 32.4 Å². The molecule has 4 nitrogen and oxygen atoms in total. The molecule has 1 rings (SSSR count). The lowest BCUT2D eigenvalue weighted by molar-refractivity contribution is 0.340. The third-order valence-corrected chi connectivity index (χ3v) is 4.66. The first kappa shape index (κ1) is 16.0. The summed E-state index contributed by atoms with van der Waals surface area (Å²) in [5.41, 5.74) is 1.19. The van der Waals surface area contributed by atoms with E-state index in [1.807, 2.05) is 24.3 Å². The molecule has 0 saturated carbocycles. The topological polar surface area (TPSA) is 55.4 Å². The molecule has 0 bridgehead atoms. The van der Waals surface area contributed by atoms with Gasteiger partial charge < -0.3 is 10.1 Å². The first-order chi connectivity index (χ1) is 8.98. The summed E-state index contributed by atoms with van der Waals surface area (Å²) in [4.78, 5) is 0. The first-order valence-corrected chi connectivity index (χ1v) is 8.47. The van der Waals surface area contributed by atoms with Crippen molar-refractivity contribution in [2.75, 3.05) is 24.7 Å². The summed E-state index contributed by atoms with van der Waals surface area (Å²) in [7, 11) is -2.95. The molecule has 1 aromatic rings. The third-order valence-electron chi connectivity index (χ3n) is 2.99.